The van der Waals surface area contributed by atoms with E-state index in [0.29, 0.717) is 6.04 Å². The van der Waals surface area contributed by atoms with Crippen LogP contribution in [0.4, 0.5) is 0 Å². The van der Waals surface area contributed by atoms with Crippen molar-refractivity contribution in [3.63, 3.8) is 0 Å². The van der Waals surface area contributed by atoms with Gasteiger partial charge < -0.3 is 5.73 Å². The van der Waals surface area contributed by atoms with Crippen LogP contribution in [-0.2, 0) is 0 Å². The third kappa shape index (κ3) is 4.01. The molecule has 0 aromatic rings. The van der Waals surface area contributed by atoms with Gasteiger partial charge in [-0.05, 0) is 12.8 Å². The summed E-state index contributed by atoms with van der Waals surface area (Å²) in [5.41, 5.74) is 5.57. The van der Waals surface area contributed by atoms with Crippen LogP contribution in [0, 0.1) is 0 Å². The average molecular weight is 239 g/mol. The standard InChI is InChI=1S/C7H14N2S.BrH/c1-2-3-6-4-5-10-7(8)9-6;/h6H,2-5H2,1H3,(H2,8,9);1H/t6-;/m0./s1. The molecule has 11 heavy (non-hydrogen) atoms. The van der Waals surface area contributed by atoms with Crippen molar-refractivity contribution in [1.29, 1.82) is 0 Å². The van der Waals surface area contributed by atoms with Crippen LogP contribution in [0.15, 0.2) is 4.99 Å². The molecule has 2 nitrogen and oxygen atoms in total. The van der Waals surface area contributed by atoms with Crippen LogP contribution < -0.4 is 5.73 Å². The lowest BCUT2D eigenvalue weighted by atomic mass is 10.1. The molecule has 1 aliphatic rings. The first-order chi connectivity index (χ1) is 4.83. The normalized spacial score (nSPS) is 23.7. The van der Waals surface area contributed by atoms with Gasteiger partial charge in [-0.1, -0.05) is 25.1 Å². The van der Waals surface area contributed by atoms with Crippen LogP contribution in [0.2, 0.25) is 0 Å². The average Bonchev–Trinajstić information content (AvgIpc) is 1.88. The SMILES string of the molecule is Br.CCC[C@H]1CCSC(N)=N1. The number of nitrogens with two attached hydrogens (primary N) is 1. The second kappa shape index (κ2) is 5.89. The second-order valence-electron chi connectivity index (χ2n) is 2.55. The Morgan fingerprint density at radius 1 is 1.73 bits per heavy atom. The highest BCUT2D eigenvalue weighted by Gasteiger charge is 2.11. The summed E-state index contributed by atoms with van der Waals surface area (Å²) in [5.74, 6) is 1.15. The Morgan fingerprint density at radius 3 is 3.00 bits per heavy atom. The molecule has 1 aliphatic heterocycles. The molecule has 0 aliphatic carbocycles. The molecule has 0 amide bonds. The van der Waals surface area contributed by atoms with E-state index < -0.39 is 0 Å². The van der Waals surface area contributed by atoms with Gasteiger partial charge in [0.15, 0.2) is 5.17 Å². The molecular weight excluding hydrogens is 224 g/mol. The molecule has 66 valence electrons. The summed E-state index contributed by atoms with van der Waals surface area (Å²) in [7, 11) is 0. The minimum atomic E-state index is 0. The maximum atomic E-state index is 5.57. The second-order valence-corrected chi connectivity index (χ2v) is 3.66. The van der Waals surface area contributed by atoms with Crippen molar-refractivity contribution < 1.29 is 0 Å². The Labute approximate surface area is 82.8 Å². The van der Waals surface area contributed by atoms with Crippen molar-refractivity contribution in [2.24, 2.45) is 10.7 Å². The van der Waals surface area contributed by atoms with Crippen molar-refractivity contribution in [2.45, 2.75) is 32.2 Å². The monoisotopic (exact) mass is 238 g/mol. The van der Waals surface area contributed by atoms with Crippen LogP contribution in [0.1, 0.15) is 26.2 Å². The summed E-state index contributed by atoms with van der Waals surface area (Å²) < 4.78 is 0. The fourth-order valence-electron chi connectivity index (χ4n) is 1.12. The Morgan fingerprint density at radius 2 is 2.45 bits per heavy atom. The minimum absolute atomic E-state index is 0. The van der Waals surface area contributed by atoms with Gasteiger partial charge in [-0.25, -0.2) is 0 Å². The summed E-state index contributed by atoms with van der Waals surface area (Å²) >= 11 is 1.68. The van der Waals surface area contributed by atoms with Crippen LogP contribution in [0.3, 0.4) is 0 Å². The van der Waals surface area contributed by atoms with E-state index in [1.807, 2.05) is 0 Å². The van der Waals surface area contributed by atoms with Crippen LogP contribution >= 0.6 is 28.7 Å². The van der Waals surface area contributed by atoms with Crippen molar-refractivity contribution in [3.8, 4) is 0 Å². The van der Waals surface area contributed by atoms with E-state index >= 15 is 0 Å². The first-order valence-electron chi connectivity index (χ1n) is 3.79. The summed E-state index contributed by atoms with van der Waals surface area (Å²) in [5, 5.41) is 0.782. The number of rotatable bonds is 2. The lowest BCUT2D eigenvalue weighted by Gasteiger charge is -2.16. The summed E-state index contributed by atoms with van der Waals surface area (Å²) in [6.07, 6.45) is 3.62. The van der Waals surface area contributed by atoms with Gasteiger partial charge in [0.2, 0.25) is 0 Å². The molecule has 0 spiro atoms. The van der Waals surface area contributed by atoms with Gasteiger partial charge in [-0.2, -0.15) is 0 Å². The molecule has 0 unspecified atom stereocenters. The highest BCUT2D eigenvalue weighted by molar-refractivity contribution is 8.93. The van der Waals surface area contributed by atoms with Crippen LogP contribution in [0.5, 0.6) is 0 Å². The molecular formula is C7H15BrN2S. The minimum Gasteiger partial charge on any atom is -0.379 e. The Hall–Kier alpha value is 0.300. The molecule has 1 heterocycles. The molecule has 0 saturated carbocycles. The van der Waals surface area contributed by atoms with Gasteiger partial charge in [0, 0.05) is 5.75 Å². The zero-order valence-electron chi connectivity index (χ0n) is 6.75. The maximum absolute atomic E-state index is 5.57. The van der Waals surface area contributed by atoms with Gasteiger partial charge in [0.25, 0.3) is 0 Å². The largest absolute Gasteiger partial charge is 0.379 e. The highest BCUT2D eigenvalue weighted by atomic mass is 79.9. The summed E-state index contributed by atoms with van der Waals surface area (Å²) in [6.45, 7) is 2.19. The van der Waals surface area contributed by atoms with Gasteiger partial charge in [0.05, 0.1) is 6.04 Å². The van der Waals surface area contributed by atoms with E-state index in [1.54, 1.807) is 11.8 Å². The number of hydrogen-bond acceptors (Lipinski definition) is 3. The zero-order chi connectivity index (χ0) is 7.40. The van der Waals surface area contributed by atoms with E-state index in [9.17, 15) is 0 Å². The number of amidine groups is 1. The van der Waals surface area contributed by atoms with E-state index in [0.717, 1.165) is 10.9 Å². The Kier molecular flexibility index (Phi) is 6.05. The Bertz CT molecular complexity index is 138. The first kappa shape index (κ1) is 11.3. The molecule has 2 N–H and O–H groups in total. The van der Waals surface area contributed by atoms with Crippen molar-refractivity contribution in [3.05, 3.63) is 0 Å². The maximum Gasteiger partial charge on any atom is 0.154 e. The van der Waals surface area contributed by atoms with Crippen molar-refractivity contribution in [2.75, 3.05) is 5.75 Å². The lowest BCUT2D eigenvalue weighted by molar-refractivity contribution is 0.591. The number of nitrogens with zero attached hydrogens (tertiary/aromatic N) is 1. The molecule has 0 saturated heterocycles. The molecule has 4 heteroatoms. The first-order valence-corrected chi connectivity index (χ1v) is 4.77. The number of hydrogen-bond donors (Lipinski definition) is 1. The molecule has 0 radical (unpaired) electrons. The fourth-order valence-corrected chi connectivity index (χ4v) is 1.95. The zero-order valence-corrected chi connectivity index (χ0v) is 9.28. The predicted molar refractivity (Wildman–Crippen MR) is 57.7 cm³/mol. The van der Waals surface area contributed by atoms with Crippen molar-refractivity contribution >= 4 is 33.9 Å². The summed E-state index contributed by atoms with van der Waals surface area (Å²) in [4.78, 5) is 4.33. The summed E-state index contributed by atoms with van der Waals surface area (Å²) in [6, 6.07) is 0.520. The van der Waals surface area contributed by atoms with Gasteiger partial charge in [0.1, 0.15) is 0 Å². The van der Waals surface area contributed by atoms with Gasteiger partial charge in [-0.15, -0.1) is 17.0 Å². The number of halogens is 1. The Balaban J connectivity index is 0.000001000. The molecule has 0 fully saturated rings. The lowest BCUT2D eigenvalue weighted by Crippen LogP contribution is -2.19. The quantitative estimate of drug-likeness (QED) is 0.802. The fraction of sp³-hybridized carbons (Fsp3) is 0.857. The van der Waals surface area contributed by atoms with Crippen molar-refractivity contribution in [1.82, 2.24) is 0 Å². The molecule has 1 atom stereocenters. The highest BCUT2D eigenvalue weighted by Crippen LogP contribution is 2.17. The van der Waals surface area contributed by atoms with E-state index in [1.165, 1.54) is 19.3 Å². The van der Waals surface area contributed by atoms with Crippen LogP contribution in [-0.4, -0.2) is 17.0 Å². The van der Waals surface area contributed by atoms with Gasteiger partial charge in [-0.3, -0.25) is 4.99 Å². The molecule has 1 rings (SSSR count). The number of aliphatic imine (C=N–C) groups is 1. The van der Waals surface area contributed by atoms with Crippen LogP contribution in [0.25, 0.3) is 0 Å². The third-order valence-corrected chi connectivity index (χ3v) is 2.47. The molecule has 0 aromatic carbocycles. The van der Waals surface area contributed by atoms with E-state index in [4.69, 9.17) is 5.73 Å². The molecule has 0 aromatic heterocycles. The van der Waals surface area contributed by atoms with E-state index in [2.05, 4.69) is 11.9 Å². The number of thioether (sulfide) groups is 1. The molecule has 0 bridgehead atoms. The predicted octanol–water partition coefficient (Wildman–Crippen LogP) is 2.18. The third-order valence-electron chi connectivity index (χ3n) is 1.63. The van der Waals surface area contributed by atoms with Gasteiger partial charge >= 0.3 is 0 Å². The smallest absolute Gasteiger partial charge is 0.154 e. The topological polar surface area (TPSA) is 38.4 Å². The van der Waals surface area contributed by atoms with E-state index in [-0.39, 0.29) is 17.0 Å².